The number of hydrogen-bond acceptors (Lipinski definition) is 6. The van der Waals surface area contributed by atoms with Crippen molar-refractivity contribution < 1.29 is 13.2 Å². The average Bonchev–Trinajstić information content (AvgIpc) is 3.53. The second-order valence-corrected chi connectivity index (χ2v) is 11.7. The predicted molar refractivity (Wildman–Crippen MR) is 127 cm³/mol. The Kier molecular flexibility index (Phi) is 6.56. The van der Waals surface area contributed by atoms with Gasteiger partial charge < -0.3 is 5.32 Å². The third-order valence-electron chi connectivity index (χ3n) is 4.74. The van der Waals surface area contributed by atoms with Crippen LogP contribution in [0.4, 0.5) is 0 Å². The Labute approximate surface area is 195 Å². The number of carbonyl (C=O) groups is 1. The Morgan fingerprint density at radius 2 is 1.88 bits per heavy atom. The highest BCUT2D eigenvalue weighted by Crippen LogP contribution is 2.28. The second-order valence-electron chi connectivity index (χ2n) is 7.24. The molecule has 0 bridgehead atoms. The number of aromatic nitrogens is 2. The van der Waals surface area contributed by atoms with Gasteiger partial charge in [0.15, 0.2) is 0 Å². The van der Waals surface area contributed by atoms with E-state index in [-0.39, 0.29) is 16.7 Å². The summed E-state index contributed by atoms with van der Waals surface area (Å²) in [6.45, 7) is 0.795. The molecule has 0 aliphatic heterocycles. The molecule has 3 heterocycles. The number of sulfonamides is 1. The van der Waals surface area contributed by atoms with Crippen LogP contribution in [0.2, 0.25) is 0 Å². The minimum Gasteiger partial charge on any atom is -0.347 e. The zero-order chi connectivity index (χ0) is 22.7. The molecule has 0 unspecified atom stereocenters. The molecule has 7 nitrogen and oxygen atoms in total. The van der Waals surface area contributed by atoms with Crippen LogP contribution in [0.5, 0.6) is 0 Å². The Morgan fingerprint density at radius 3 is 2.56 bits per heavy atom. The lowest BCUT2D eigenvalue weighted by Gasteiger charge is -2.08. The SMILES string of the molecule is CN(C)S(=O)(=O)c1ccc(CNC(=O)c2cn(Cc3ccccc3)nc2-c2cccs2)s1. The summed E-state index contributed by atoms with van der Waals surface area (Å²) in [5.74, 6) is -0.252. The molecule has 0 aliphatic carbocycles. The first kappa shape index (κ1) is 22.4. The highest BCUT2D eigenvalue weighted by molar-refractivity contribution is 7.91. The van der Waals surface area contributed by atoms with Gasteiger partial charge in [-0.05, 0) is 29.1 Å². The van der Waals surface area contributed by atoms with Gasteiger partial charge in [-0.1, -0.05) is 36.4 Å². The van der Waals surface area contributed by atoms with Gasteiger partial charge in [0, 0.05) is 25.2 Å². The fraction of sp³-hybridized carbons (Fsp3) is 0.182. The summed E-state index contributed by atoms with van der Waals surface area (Å²) >= 11 is 2.68. The number of hydrogen-bond donors (Lipinski definition) is 1. The van der Waals surface area contributed by atoms with Gasteiger partial charge in [0.25, 0.3) is 15.9 Å². The van der Waals surface area contributed by atoms with Gasteiger partial charge in [0.05, 0.1) is 23.5 Å². The molecule has 4 rings (SSSR count). The van der Waals surface area contributed by atoms with Crippen molar-refractivity contribution in [3.05, 3.63) is 82.2 Å². The van der Waals surface area contributed by atoms with Crippen molar-refractivity contribution in [1.82, 2.24) is 19.4 Å². The first-order valence-corrected chi connectivity index (χ1v) is 12.9. The molecule has 0 aliphatic rings. The first-order chi connectivity index (χ1) is 15.3. The molecule has 166 valence electrons. The van der Waals surface area contributed by atoms with E-state index in [0.717, 1.165) is 26.7 Å². The molecule has 0 saturated carbocycles. The van der Waals surface area contributed by atoms with Gasteiger partial charge >= 0.3 is 0 Å². The highest BCUT2D eigenvalue weighted by Gasteiger charge is 2.21. The first-order valence-electron chi connectivity index (χ1n) is 9.79. The molecule has 1 N–H and O–H groups in total. The molecule has 0 radical (unpaired) electrons. The zero-order valence-corrected chi connectivity index (χ0v) is 20.0. The zero-order valence-electron chi connectivity index (χ0n) is 17.6. The monoisotopic (exact) mass is 486 g/mol. The van der Waals surface area contributed by atoms with Crippen LogP contribution in [0.25, 0.3) is 10.6 Å². The van der Waals surface area contributed by atoms with Crippen LogP contribution < -0.4 is 5.32 Å². The molecule has 0 atom stereocenters. The van der Waals surface area contributed by atoms with Crippen molar-refractivity contribution in [3.8, 4) is 10.6 Å². The summed E-state index contributed by atoms with van der Waals surface area (Å²) in [6.07, 6.45) is 1.76. The van der Waals surface area contributed by atoms with E-state index in [2.05, 4.69) is 10.4 Å². The molecule has 4 aromatic rings. The summed E-state index contributed by atoms with van der Waals surface area (Å²) in [5.41, 5.74) is 2.21. The van der Waals surface area contributed by atoms with Crippen LogP contribution in [0.3, 0.4) is 0 Å². The standard InChI is InChI=1S/C22H22N4O3S3/c1-25(2)32(28,29)20-11-10-17(31-20)13-23-22(27)18-15-26(14-16-7-4-3-5-8-16)24-21(18)19-9-6-12-30-19/h3-12,15H,13-14H2,1-2H3,(H,23,27). The number of nitrogens with one attached hydrogen (secondary N) is 1. The minimum absolute atomic E-state index is 0.236. The van der Waals surface area contributed by atoms with Crippen molar-refractivity contribution in [1.29, 1.82) is 0 Å². The van der Waals surface area contributed by atoms with Crippen LogP contribution in [0, 0.1) is 0 Å². The third kappa shape index (κ3) is 4.83. The van der Waals surface area contributed by atoms with E-state index < -0.39 is 10.0 Å². The molecule has 0 saturated heterocycles. The topological polar surface area (TPSA) is 84.3 Å². The summed E-state index contributed by atoms with van der Waals surface area (Å²) < 4.78 is 27.7. The number of rotatable bonds is 8. The van der Waals surface area contributed by atoms with Crippen LogP contribution in [0.15, 0.2) is 70.4 Å². The van der Waals surface area contributed by atoms with Crippen molar-refractivity contribution in [2.75, 3.05) is 14.1 Å². The number of thiophene rings is 2. The molecule has 3 aromatic heterocycles. The van der Waals surface area contributed by atoms with Crippen molar-refractivity contribution in [3.63, 3.8) is 0 Å². The van der Waals surface area contributed by atoms with Crippen LogP contribution in [-0.2, 0) is 23.1 Å². The van der Waals surface area contributed by atoms with E-state index in [9.17, 15) is 13.2 Å². The fourth-order valence-electron chi connectivity index (χ4n) is 3.07. The van der Waals surface area contributed by atoms with Crippen molar-refractivity contribution in [2.24, 2.45) is 0 Å². The third-order valence-corrected chi connectivity index (χ3v) is 8.99. The normalized spacial score (nSPS) is 11.7. The van der Waals surface area contributed by atoms with Gasteiger partial charge in [-0.15, -0.1) is 22.7 Å². The number of amides is 1. The Bertz CT molecular complexity index is 1310. The number of carbonyl (C=O) groups excluding carboxylic acids is 1. The van der Waals surface area contributed by atoms with Crippen molar-refractivity contribution in [2.45, 2.75) is 17.3 Å². The maximum Gasteiger partial charge on any atom is 0.255 e. The fourth-order valence-corrected chi connectivity index (χ4v) is 6.26. The molecule has 0 spiro atoms. The Morgan fingerprint density at radius 1 is 1.09 bits per heavy atom. The van der Waals surface area contributed by atoms with Crippen molar-refractivity contribution >= 4 is 38.6 Å². The summed E-state index contributed by atoms with van der Waals surface area (Å²) in [6, 6.07) is 17.1. The molecule has 32 heavy (non-hydrogen) atoms. The molecule has 1 amide bonds. The largest absolute Gasteiger partial charge is 0.347 e. The number of nitrogens with zero attached hydrogens (tertiary/aromatic N) is 3. The van der Waals surface area contributed by atoms with Gasteiger partial charge in [0.2, 0.25) is 0 Å². The lowest BCUT2D eigenvalue weighted by atomic mass is 10.2. The summed E-state index contributed by atoms with van der Waals surface area (Å²) in [4.78, 5) is 14.7. The van der Waals surface area contributed by atoms with E-state index >= 15 is 0 Å². The van der Waals surface area contributed by atoms with Crippen LogP contribution in [0.1, 0.15) is 20.8 Å². The van der Waals surface area contributed by atoms with E-state index in [4.69, 9.17) is 0 Å². The summed E-state index contributed by atoms with van der Waals surface area (Å²) in [7, 11) is -0.491. The molecular formula is C22H22N4O3S3. The molecular weight excluding hydrogens is 464 g/mol. The number of benzene rings is 1. The molecule has 10 heteroatoms. The smallest absolute Gasteiger partial charge is 0.255 e. The Balaban J connectivity index is 1.53. The lowest BCUT2D eigenvalue weighted by molar-refractivity contribution is 0.0952. The van der Waals surface area contributed by atoms with Gasteiger partial charge in [-0.3, -0.25) is 9.48 Å². The molecule has 0 fully saturated rings. The second kappa shape index (κ2) is 9.37. The maximum atomic E-state index is 13.0. The van der Waals surface area contributed by atoms with E-state index in [1.165, 1.54) is 29.7 Å². The Hall–Kier alpha value is -2.79. The molecule has 1 aromatic carbocycles. The van der Waals surface area contributed by atoms with Crippen LogP contribution >= 0.6 is 22.7 Å². The minimum atomic E-state index is -3.48. The quantitative estimate of drug-likeness (QED) is 0.409. The van der Waals surface area contributed by atoms with Gasteiger partial charge in [-0.2, -0.15) is 5.10 Å². The maximum absolute atomic E-state index is 13.0. The van der Waals surface area contributed by atoms with Crippen LogP contribution in [-0.4, -0.2) is 42.5 Å². The van der Waals surface area contributed by atoms with E-state index in [1.54, 1.807) is 23.0 Å². The highest BCUT2D eigenvalue weighted by atomic mass is 32.2. The van der Waals surface area contributed by atoms with Gasteiger partial charge in [0.1, 0.15) is 9.90 Å². The van der Waals surface area contributed by atoms with E-state index in [0.29, 0.717) is 17.8 Å². The summed E-state index contributed by atoms with van der Waals surface area (Å²) in [5, 5.41) is 9.52. The lowest BCUT2D eigenvalue weighted by Crippen LogP contribution is -2.22. The van der Waals surface area contributed by atoms with E-state index in [1.807, 2.05) is 47.8 Å². The predicted octanol–water partition coefficient (Wildman–Crippen LogP) is 3.90. The average molecular weight is 487 g/mol. The van der Waals surface area contributed by atoms with Gasteiger partial charge in [-0.25, -0.2) is 12.7 Å².